The van der Waals surface area contributed by atoms with Crippen LogP contribution in [0.5, 0.6) is 0 Å². The van der Waals surface area contributed by atoms with Crippen LogP contribution in [-0.2, 0) is 0 Å². The van der Waals surface area contributed by atoms with E-state index in [1.54, 1.807) is 12.4 Å². The third-order valence-corrected chi connectivity index (χ3v) is 5.86. The molecule has 3 rings (SSSR count). The fourth-order valence-corrected chi connectivity index (χ4v) is 4.04. The van der Waals surface area contributed by atoms with Gasteiger partial charge >= 0.3 is 0 Å². The van der Waals surface area contributed by atoms with Crippen molar-refractivity contribution in [3.63, 3.8) is 0 Å². The molecule has 3 atom stereocenters. The average Bonchev–Trinajstić information content (AvgIpc) is 2.95. The lowest BCUT2D eigenvalue weighted by molar-refractivity contribution is 0.0826. The molecular weight excluding hydrogens is 226 g/mol. The number of carbonyl (C=O) groups excluding carboxylic acids is 1. The van der Waals surface area contributed by atoms with Crippen molar-refractivity contribution in [3.05, 3.63) is 18.0 Å². The summed E-state index contributed by atoms with van der Waals surface area (Å²) in [7, 11) is 0. The number of aromatic amines is 1. The van der Waals surface area contributed by atoms with E-state index in [1.165, 1.54) is 12.8 Å². The minimum atomic E-state index is -0.00155. The van der Waals surface area contributed by atoms with Crippen LogP contribution in [-0.4, -0.2) is 22.1 Å². The third kappa shape index (κ3) is 1.38. The Labute approximate surface area is 108 Å². The second-order valence-corrected chi connectivity index (χ2v) is 6.62. The lowest BCUT2D eigenvalue weighted by atomic mass is 9.69. The average molecular weight is 247 g/mol. The van der Waals surface area contributed by atoms with Crippen LogP contribution in [0.4, 0.5) is 0 Å². The molecule has 2 bridgehead atoms. The monoisotopic (exact) mass is 247 g/mol. The van der Waals surface area contributed by atoms with Crippen LogP contribution in [0.15, 0.2) is 12.4 Å². The summed E-state index contributed by atoms with van der Waals surface area (Å²) < 4.78 is 0. The highest BCUT2D eigenvalue weighted by atomic mass is 16.1. The first-order valence-corrected chi connectivity index (χ1v) is 6.75. The number of nitrogens with one attached hydrogen (secondary N) is 2. The summed E-state index contributed by atoms with van der Waals surface area (Å²) >= 11 is 0. The summed E-state index contributed by atoms with van der Waals surface area (Å²) in [4.78, 5) is 12.1. The van der Waals surface area contributed by atoms with Crippen LogP contribution in [0.2, 0.25) is 0 Å². The maximum Gasteiger partial charge on any atom is 0.254 e. The normalized spacial score (nSPS) is 36.8. The fraction of sp³-hybridized carbons (Fsp3) is 0.714. The third-order valence-electron chi connectivity index (χ3n) is 5.86. The first-order valence-electron chi connectivity index (χ1n) is 6.75. The van der Waals surface area contributed by atoms with Gasteiger partial charge in [-0.2, -0.15) is 5.10 Å². The summed E-state index contributed by atoms with van der Waals surface area (Å²) in [6, 6.07) is 0.300. The zero-order chi connectivity index (χ0) is 13.0. The van der Waals surface area contributed by atoms with Gasteiger partial charge in [0, 0.05) is 12.2 Å². The van der Waals surface area contributed by atoms with Crippen molar-refractivity contribution in [2.45, 2.75) is 46.1 Å². The number of H-pyrrole nitrogens is 1. The summed E-state index contributed by atoms with van der Waals surface area (Å²) in [5.41, 5.74) is 1.19. The number of hydrogen-bond acceptors (Lipinski definition) is 2. The predicted octanol–water partition coefficient (Wildman–Crippen LogP) is 2.35. The Kier molecular flexibility index (Phi) is 2.34. The van der Waals surface area contributed by atoms with Gasteiger partial charge < -0.3 is 5.32 Å². The van der Waals surface area contributed by atoms with E-state index in [1.807, 2.05) is 0 Å². The molecule has 2 saturated carbocycles. The highest BCUT2D eigenvalue weighted by molar-refractivity contribution is 5.93. The van der Waals surface area contributed by atoms with E-state index >= 15 is 0 Å². The minimum Gasteiger partial charge on any atom is -0.349 e. The standard InChI is InChI=1S/C14H21N3O/c1-13(2)10-4-5-14(13,3)11(6-10)17-12(18)9-7-15-16-8-9/h7-8,10-11H,4-6H2,1-3H3,(H,15,16)(H,17,18)/t10-,11+,14+/m1/s1. The van der Waals surface area contributed by atoms with Crippen LogP contribution >= 0.6 is 0 Å². The quantitative estimate of drug-likeness (QED) is 0.843. The summed E-state index contributed by atoms with van der Waals surface area (Å²) in [5.74, 6) is 0.746. The molecule has 98 valence electrons. The van der Waals surface area contributed by atoms with Crippen LogP contribution in [0, 0.1) is 16.7 Å². The molecule has 4 heteroatoms. The van der Waals surface area contributed by atoms with Gasteiger partial charge in [0.25, 0.3) is 5.91 Å². The predicted molar refractivity (Wildman–Crippen MR) is 69.1 cm³/mol. The van der Waals surface area contributed by atoms with Gasteiger partial charge in [-0.05, 0) is 36.0 Å². The molecule has 0 radical (unpaired) electrons. The maximum absolute atomic E-state index is 12.1. The Morgan fingerprint density at radius 2 is 2.28 bits per heavy atom. The van der Waals surface area contributed by atoms with E-state index < -0.39 is 0 Å². The van der Waals surface area contributed by atoms with Crippen LogP contribution < -0.4 is 5.32 Å². The highest BCUT2D eigenvalue weighted by Crippen LogP contribution is 2.65. The van der Waals surface area contributed by atoms with E-state index in [-0.39, 0.29) is 11.3 Å². The van der Waals surface area contributed by atoms with E-state index in [4.69, 9.17) is 0 Å². The topological polar surface area (TPSA) is 57.8 Å². The van der Waals surface area contributed by atoms with Crippen molar-refractivity contribution in [2.75, 3.05) is 0 Å². The van der Waals surface area contributed by atoms with E-state index in [9.17, 15) is 4.79 Å². The Morgan fingerprint density at radius 3 is 2.78 bits per heavy atom. The van der Waals surface area contributed by atoms with Crippen molar-refractivity contribution in [3.8, 4) is 0 Å². The van der Waals surface area contributed by atoms with Crippen molar-refractivity contribution in [1.29, 1.82) is 0 Å². The molecule has 0 aromatic carbocycles. The molecule has 0 aliphatic heterocycles. The Bertz CT molecular complexity index is 465. The van der Waals surface area contributed by atoms with Gasteiger partial charge in [0.15, 0.2) is 0 Å². The maximum atomic E-state index is 12.1. The van der Waals surface area contributed by atoms with Gasteiger partial charge in [-0.15, -0.1) is 0 Å². The van der Waals surface area contributed by atoms with Crippen LogP contribution in [0.3, 0.4) is 0 Å². The molecule has 2 N–H and O–H groups in total. The number of amides is 1. The lowest BCUT2D eigenvalue weighted by Crippen LogP contribution is -2.46. The zero-order valence-corrected chi connectivity index (χ0v) is 11.3. The fourth-order valence-electron chi connectivity index (χ4n) is 4.04. The SMILES string of the molecule is CC1(C)[C@@H]2CC[C@@]1(C)[C@@H](NC(=O)c1cn[nH]c1)C2. The molecule has 0 saturated heterocycles. The molecule has 1 aromatic rings. The number of rotatable bonds is 2. The molecule has 18 heavy (non-hydrogen) atoms. The van der Waals surface area contributed by atoms with Gasteiger partial charge in [-0.25, -0.2) is 0 Å². The van der Waals surface area contributed by atoms with E-state index in [2.05, 4.69) is 36.3 Å². The Hall–Kier alpha value is -1.32. The summed E-state index contributed by atoms with van der Waals surface area (Å²) in [5, 5.41) is 9.72. The molecule has 2 aliphatic carbocycles. The molecule has 2 aliphatic rings. The van der Waals surface area contributed by atoms with Crippen molar-refractivity contribution < 1.29 is 4.79 Å². The molecule has 1 aromatic heterocycles. The number of fused-ring (bicyclic) bond motifs is 2. The van der Waals surface area contributed by atoms with Gasteiger partial charge in [0.1, 0.15) is 0 Å². The number of hydrogen-bond donors (Lipinski definition) is 2. The number of carbonyl (C=O) groups is 1. The smallest absolute Gasteiger partial charge is 0.254 e. The van der Waals surface area contributed by atoms with Crippen molar-refractivity contribution >= 4 is 5.91 Å². The Balaban J connectivity index is 1.78. The van der Waals surface area contributed by atoms with Gasteiger partial charge in [-0.1, -0.05) is 20.8 Å². The first kappa shape index (κ1) is 11.8. The molecule has 1 amide bonds. The number of aromatic nitrogens is 2. The van der Waals surface area contributed by atoms with Crippen molar-refractivity contribution in [2.24, 2.45) is 16.7 Å². The zero-order valence-electron chi connectivity index (χ0n) is 11.3. The second kappa shape index (κ2) is 3.59. The molecular formula is C14H21N3O. The van der Waals surface area contributed by atoms with Crippen LogP contribution in [0.25, 0.3) is 0 Å². The van der Waals surface area contributed by atoms with E-state index in [0.29, 0.717) is 17.0 Å². The first-order chi connectivity index (χ1) is 8.45. The summed E-state index contributed by atoms with van der Waals surface area (Å²) in [6.07, 6.45) is 6.88. The van der Waals surface area contributed by atoms with Crippen LogP contribution in [0.1, 0.15) is 50.4 Å². The molecule has 1 heterocycles. The lowest BCUT2D eigenvalue weighted by Gasteiger charge is -2.39. The van der Waals surface area contributed by atoms with Gasteiger partial charge in [-0.3, -0.25) is 9.89 Å². The second-order valence-electron chi connectivity index (χ2n) is 6.62. The van der Waals surface area contributed by atoms with Gasteiger partial charge in [0.2, 0.25) is 0 Å². The largest absolute Gasteiger partial charge is 0.349 e. The molecule has 0 unspecified atom stereocenters. The molecule has 0 spiro atoms. The molecule has 2 fully saturated rings. The minimum absolute atomic E-state index is 0.00155. The van der Waals surface area contributed by atoms with Gasteiger partial charge in [0.05, 0.1) is 11.8 Å². The number of nitrogens with zero attached hydrogens (tertiary/aromatic N) is 1. The molecule has 4 nitrogen and oxygen atoms in total. The van der Waals surface area contributed by atoms with E-state index in [0.717, 1.165) is 12.3 Å². The summed E-state index contributed by atoms with van der Waals surface area (Å²) in [6.45, 7) is 7.05. The Morgan fingerprint density at radius 1 is 1.50 bits per heavy atom. The highest BCUT2D eigenvalue weighted by Gasteiger charge is 2.61. The van der Waals surface area contributed by atoms with Crippen molar-refractivity contribution in [1.82, 2.24) is 15.5 Å².